The number of ether oxygens (including phenoxy) is 2. The molecular weight excluding hydrogens is 346 g/mol. The highest BCUT2D eigenvalue weighted by Gasteiger charge is 2.19. The minimum atomic E-state index is -0.481. The first-order valence-corrected chi connectivity index (χ1v) is 9.39. The van der Waals surface area contributed by atoms with Gasteiger partial charge in [0.1, 0.15) is 11.4 Å². The van der Waals surface area contributed by atoms with Crippen molar-refractivity contribution < 1.29 is 14.3 Å². The highest BCUT2D eigenvalue weighted by atomic mass is 16.5. The van der Waals surface area contributed by atoms with Crippen LogP contribution in [0, 0.1) is 0 Å². The zero-order chi connectivity index (χ0) is 19.1. The Morgan fingerprint density at radius 2 is 1.89 bits per heavy atom. The fourth-order valence-corrected chi connectivity index (χ4v) is 3.03. The molecule has 2 heterocycles. The summed E-state index contributed by atoms with van der Waals surface area (Å²) in [6, 6.07) is 7.51. The number of carbonyl (C=O) groups excluding carboxylic acids is 1. The number of nitrogens with one attached hydrogen (secondary N) is 1. The highest BCUT2D eigenvalue weighted by molar-refractivity contribution is 5.93. The van der Waals surface area contributed by atoms with E-state index in [0.29, 0.717) is 18.9 Å². The van der Waals surface area contributed by atoms with E-state index in [2.05, 4.69) is 32.3 Å². The first-order chi connectivity index (χ1) is 13.2. The maximum absolute atomic E-state index is 11.9. The lowest BCUT2D eigenvalue weighted by molar-refractivity contribution is 0.0520. The summed E-state index contributed by atoms with van der Waals surface area (Å²) in [5, 5.41) is 10.4. The van der Waals surface area contributed by atoms with Crippen molar-refractivity contribution in [1.29, 1.82) is 0 Å². The molecule has 0 aliphatic carbocycles. The van der Waals surface area contributed by atoms with Crippen LogP contribution in [0.1, 0.15) is 23.8 Å². The lowest BCUT2D eigenvalue weighted by atomic mass is 10.1. The van der Waals surface area contributed by atoms with Gasteiger partial charge in [-0.2, -0.15) is 10.3 Å². The summed E-state index contributed by atoms with van der Waals surface area (Å²) in [6.07, 6.45) is 1.00. The Kier molecular flexibility index (Phi) is 6.78. The molecule has 0 spiro atoms. The van der Waals surface area contributed by atoms with Crippen molar-refractivity contribution in [2.45, 2.75) is 13.3 Å². The molecule has 8 heteroatoms. The van der Waals surface area contributed by atoms with E-state index in [1.165, 1.54) is 0 Å². The van der Waals surface area contributed by atoms with Gasteiger partial charge in [-0.1, -0.05) is 0 Å². The maximum atomic E-state index is 11.9. The number of aromatic nitrogens is 3. The van der Waals surface area contributed by atoms with E-state index in [1.807, 2.05) is 24.3 Å². The lowest BCUT2D eigenvalue weighted by Crippen LogP contribution is -2.44. The SMILES string of the molecule is CCOC(=O)c1n[nH]nc1-c1ccc(OCCCN2CCN(C)CC2)cc1. The molecule has 146 valence electrons. The zero-order valence-electron chi connectivity index (χ0n) is 16.0. The third-order valence-electron chi connectivity index (χ3n) is 4.63. The van der Waals surface area contributed by atoms with E-state index < -0.39 is 5.97 Å². The summed E-state index contributed by atoms with van der Waals surface area (Å²) in [5.41, 5.74) is 1.46. The largest absolute Gasteiger partial charge is 0.494 e. The predicted molar refractivity (Wildman–Crippen MR) is 102 cm³/mol. The van der Waals surface area contributed by atoms with Gasteiger partial charge in [-0.05, 0) is 44.7 Å². The number of aromatic amines is 1. The molecule has 27 heavy (non-hydrogen) atoms. The van der Waals surface area contributed by atoms with E-state index in [4.69, 9.17) is 9.47 Å². The minimum Gasteiger partial charge on any atom is -0.494 e. The van der Waals surface area contributed by atoms with Crippen LogP contribution in [0.5, 0.6) is 5.75 Å². The molecule has 1 aliphatic heterocycles. The van der Waals surface area contributed by atoms with Gasteiger partial charge in [0, 0.05) is 38.3 Å². The first kappa shape index (κ1) is 19.3. The Bertz CT molecular complexity index is 723. The molecule has 0 saturated carbocycles. The molecule has 1 N–H and O–H groups in total. The van der Waals surface area contributed by atoms with Gasteiger partial charge < -0.3 is 19.3 Å². The maximum Gasteiger partial charge on any atom is 0.361 e. The number of benzene rings is 1. The number of esters is 1. The number of carbonyl (C=O) groups is 1. The van der Waals surface area contributed by atoms with E-state index >= 15 is 0 Å². The van der Waals surface area contributed by atoms with Crippen molar-refractivity contribution in [1.82, 2.24) is 25.2 Å². The molecule has 1 aromatic heterocycles. The number of rotatable bonds is 8. The quantitative estimate of drug-likeness (QED) is 0.556. The minimum absolute atomic E-state index is 0.192. The number of H-pyrrole nitrogens is 1. The average Bonchev–Trinajstić information content (AvgIpc) is 3.17. The molecule has 0 atom stereocenters. The van der Waals surface area contributed by atoms with Crippen LogP contribution in [0.4, 0.5) is 0 Å². The molecule has 1 saturated heterocycles. The second-order valence-corrected chi connectivity index (χ2v) is 6.61. The molecule has 0 radical (unpaired) electrons. The average molecular weight is 373 g/mol. The van der Waals surface area contributed by atoms with Crippen LogP contribution in [0.15, 0.2) is 24.3 Å². The third-order valence-corrected chi connectivity index (χ3v) is 4.63. The van der Waals surface area contributed by atoms with E-state index in [1.54, 1.807) is 6.92 Å². The van der Waals surface area contributed by atoms with E-state index in [9.17, 15) is 4.79 Å². The van der Waals surface area contributed by atoms with Crippen molar-refractivity contribution in [2.24, 2.45) is 0 Å². The molecule has 0 bridgehead atoms. The Balaban J connectivity index is 1.48. The van der Waals surface area contributed by atoms with Gasteiger partial charge in [-0.3, -0.25) is 0 Å². The molecule has 1 fully saturated rings. The number of hydrogen-bond donors (Lipinski definition) is 1. The zero-order valence-corrected chi connectivity index (χ0v) is 16.0. The summed E-state index contributed by atoms with van der Waals surface area (Å²) in [5.74, 6) is 0.323. The van der Waals surface area contributed by atoms with Gasteiger partial charge >= 0.3 is 5.97 Å². The van der Waals surface area contributed by atoms with Gasteiger partial charge in [0.25, 0.3) is 0 Å². The van der Waals surface area contributed by atoms with Gasteiger partial charge in [0.05, 0.1) is 13.2 Å². The van der Waals surface area contributed by atoms with Gasteiger partial charge in [0.2, 0.25) is 0 Å². The summed E-state index contributed by atoms with van der Waals surface area (Å²) < 4.78 is 10.8. The molecule has 1 aromatic carbocycles. The van der Waals surface area contributed by atoms with Crippen LogP contribution in [0.2, 0.25) is 0 Å². The Morgan fingerprint density at radius 1 is 1.15 bits per heavy atom. The van der Waals surface area contributed by atoms with Crippen LogP contribution in [-0.2, 0) is 4.74 Å². The number of piperazine rings is 1. The summed E-state index contributed by atoms with van der Waals surface area (Å²) in [4.78, 5) is 16.8. The molecule has 2 aromatic rings. The topological polar surface area (TPSA) is 83.6 Å². The molecule has 0 amide bonds. The van der Waals surface area contributed by atoms with E-state index in [-0.39, 0.29) is 5.69 Å². The summed E-state index contributed by atoms with van der Waals surface area (Å²) in [6.45, 7) is 8.34. The van der Waals surface area contributed by atoms with Crippen LogP contribution < -0.4 is 4.74 Å². The van der Waals surface area contributed by atoms with Crippen molar-refractivity contribution in [3.05, 3.63) is 30.0 Å². The standard InChI is InChI=1S/C19H27N5O3/c1-3-26-19(25)18-17(20-22-21-18)15-5-7-16(8-6-15)27-14-4-9-24-12-10-23(2)11-13-24/h5-8H,3-4,9-14H2,1-2H3,(H,20,21,22). The van der Waals surface area contributed by atoms with Crippen molar-refractivity contribution in [3.8, 4) is 17.0 Å². The summed E-state index contributed by atoms with van der Waals surface area (Å²) >= 11 is 0. The second kappa shape index (κ2) is 9.48. The van der Waals surface area contributed by atoms with Gasteiger partial charge in [-0.25, -0.2) is 4.79 Å². The van der Waals surface area contributed by atoms with E-state index in [0.717, 1.165) is 50.5 Å². The second-order valence-electron chi connectivity index (χ2n) is 6.61. The Labute approximate surface area is 159 Å². The molecule has 0 unspecified atom stereocenters. The van der Waals surface area contributed by atoms with Gasteiger partial charge in [0.15, 0.2) is 5.69 Å². The Morgan fingerprint density at radius 3 is 2.59 bits per heavy atom. The molecule has 8 nitrogen and oxygen atoms in total. The Hall–Kier alpha value is -2.45. The van der Waals surface area contributed by atoms with Crippen molar-refractivity contribution in [3.63, 3.8) is 0 Å². The van der Waals surface area contributed by atoms with Crippen molar-refractivity contribution in [2.75, 3.05) is 53.0 Å². The predicted octanol–water partition coefficient (Wildman–Crippen LogP) is 1.66. The number of likely N-dealkylation sites (N-methyl/N-ethyl adjacent to an activating group) is 1. The van der Waals surface area contributed by atoms with Crippen LogP contribution in [-0.4, -0.2) is 84.2 Å². The molecule has 1 aliphatic rings. The lowest BCUT2D eigenvalue weighted by Gasteiger charge is -2.32. The van der Waals surface area contributed by atoms with Gasteiger partial charge in [-0.15, -0.1) is 5.10 Å². The van der Waals surface area contributed by atoms with Crippen LogP contribution in [0.3, 0.4) is 0 Å². The first-order valence-electron chi connectivity index (χ1n) is 9.39. The number of hydrogen-bond acceptors (Lipinski definition) is 7. The number of nitrogens with zero attached hydrogens (tertiary/aromatic N) is 4. The highest BCUT2D eigenvalue weighted by Crippen LogP contribution is 2.23. The summed E-state index contributed by atoms with van der Waals surface area (Å²) in [7, 11) is 2.17. The van der Waals surface area contributed by atoms with Crippen molar-refractivity contribution >= 4 is 5.97 Å². The van der Waals surface area contributed by atoms with Crippen LogP contribution >= 0.6 is 0 Å². The monoisotopic (exact) mass is 373 g/mol. The fourth-order valence-electron chi connectivity index (χ4n) is 3.03. The molecular formula is C19H27N5O3. The molecule has 3 rings (SSSR count). The normalized spacial score (nSPS) is 15.6. The van der Waals surface area contributed by atoms with Crippen LogP contribution in [0.25, 0.3) is 11.3 Å². The smallest absolute Gasteiger partial charge is 0.361 e. The third kappa shape index (κ3) is 5.27. The fraction of sp³-hybridized carbons (Fsp3) is 0.526.